The van der Waals surface area contributed by atoms with Crippen molar-refractivity contribution in [1.82, 2.24) is 10.6 Å². The quantitative estimate of drug-likeness (QED) is 0.568. The number of hydrogen-bond donors (Lipinski definition) is 2. The molecule has 1 fully saturated rings. The van der Waals surface area contributed by atoms with Crippen LogP contribution in [0.2, 0.25) is 0 Å². The van der Waals surface area contributed by atoms with Crippen LogP contribution in [0.1, 0.15) is 19.8 Å². The number of carboxylic acid groups (broad SMARTS) is 1. The maximum absolute atomic E-state index is 12.5. The van der Waals surface area contributed by atoms with Crippen molar-refractivity contribution in [3.63, 3.8) is 0 Å². The Morgan fingerprint density at radius 1 is 1.24 bits per heavy atom. The van der Waals surface area contributed by atoms with Gasteiger partial charge in [0.05, 0.1) is 5.92 Å². The van der Waals surface area contributed by atoms with Crippen LogP contribution in [0.4, 0.5) is 5.69 Å². The van der Waals surface area contributed by atoms with Gasteiger partial charge in [0.25, 0.3) is 0 Å². The van der Waals surface area contributed by atoms with Crippen molar-refractivity contribution >= 4 is 29.4 Å². The molecule has 2 aliphatic heterocycles. The number of anilines is 1. The van der Waals surface area contributed by atoms with Gasteiger partial charge in [-0.3, -0.25) is 14.4 Å². The second-order valence-corrected chi connectivity index (χ2v) is 6.88. The van der Waals surface area contributed by atoms with Crippen molar-refractivity contribution in [2.75, 3.05) is 31.2 Å². The Balaban J connectivity index is 1.56. The van der Waals surface area contributed by atoms with E-state index in [1.165, 1.54) is 11.8 Å². The van der Waals surface area contributed by atoms with Gasteiger partial charge in [0.1, 0.15) is 19.3 Å². The first-order valence-corrected chi connectivity index (χ1v) is 9.33. The van der Waals surface area contributed by atoms with Crippen molar-refractivity contribution in [2.45, 2.75) is 25.8 Å². The molecule has 3 amide bonds. The van der Waals surface area contributed by atoms with Crippen LogP contribution >= 0.6 is 0 Å². The van der Waals surface area contributed by atoms with Gasteiger partial charge in [-0.25, -0.2) is 0 Å². The molecular formula is C19H22N3O7-. The number of benzene rings is 1. The Morgan fingerprint density at radius 3 is 2.69 bits per heavy atom. The lowest BCUT2D eigenvalue weighted by Gasteiger charge is -2.22. The zero-order valence-electron chi connectivity index (χ0n) is 15.9. The highest BCUT2D eigenvalue weighted by atomic mass is 16.6. The second kappa shape index (κ2) is 8.80. The molecule has 0 unspecified atom stereocenters. The summed E-state index contributed by atoms with van der Waals surface area (Å²) in [5, 5.41) is 15.3. The van der Waals surface area contributed by atoms with Crippen LogP contribution in [0.15, 0.2) is 18.2 Å². The van der Waals surface area contributed by atoms with Gasteiger partial charge in [-0.1, -0.05) is 0 Å². The smallest absolute Gasteiger partial charge is 0.242 e. The number of nitrogens with zero attached hydrogens (tertiary/aromatic N) is 1. The van der Waals surface area contributed by atoms with Gasteiger partial charge in [0.2, 0.25) is 17.7 Å². The van der Waals surface area contributed by atoms with Crippen molar-refractivity contribution in [2.24, 2.45) is 5.92 Å². The van der Waals surface area contributed by atoms with Gasteiger partial charge in [-0.2, -0.15) is 0 Å². The average molecular weight is 404 g/mol. The van der Waals surface area contributed by atoms with E-state index in [1.807, 2.05) is 0 Å². The summed E-state index contributed by atoms with van der Waals surface area (Å²) in [6.07, 6.45) is -0.284. The number of hydrogen-bond acceptors (Lipinski definition) is 7. The molecule has 2 aliphatic rings. The molecule has 0 spiro atoms. The molecule has 0 aromatic heterocycles. The Hall–Kier alpha value is -3.30. The lowest BCUT2D eigenvalue weighted by molar-refractivity contribution is -0.305. The van der Waals surface area contributed by atoms with E-state index in [-0.39, 0.29) is 31.8 Å². The maximum Gasteiger partial charge on any atom is 0.242 e. The number of fused-ring (bicyclic) bond motifs is 1. The van der Waals surface area contributed by atoms with Crippen molar-refractivity contribution in [3.8, 4) is 11.5 Å². The van der Waals surface area contributed by atoms with Gasteiger partial charge in [-0.05, 0) is 19.1 Å². The molecule has 1 aromatic rings. The molecule has 0 aliphatic carbocycles. The van der Waals surface area contributed by atoms with Crippen LogP contribution in [0.5, 0.6) is 11.5 Å². The minimum absolute atomic E-state index is 0.0271. The molecule has 10 nitrogen and oxygen atoms in total. The van der Waals surface area contributed by atoms with Crippen molar-refractivity contribution < 1.29 is 33.8 Å². The molecule has 0 radical (unpaired) electrons. The fraction of sp³-hybridized carbons (Fsp3) is 0.474. The molecule has 2 heterocycles. The highest BCUT2D eigenvalue weighted by molar-refractivity contribution is 6.01. The van der Waals surface area contributed by atoms with Crippen LogP contribution in [-0.4, -0.2) is 56.0 Å². The number of amides is 3. The molecule has 3 rings (SSSR count). The van der Waals surface area contributed by atoms with E-state index in [1.54, 1.807) is 18.2 Å². The van der Waals surface area contributed by atoms with Gasteiger partial charge < -0.3 is 34.9 Å². The Bertz CT molecular complexity index is 826. The number of ether oxygens (including phenoxy) is 2. The first-order chi connectivity index (χ1) is 13.8. The molecule has 2 atom stereocenters. The van der Waals surface area contributed by atoms with Gasteiger partial charge >= 0.3 is 0 Å². The van der Waals surface area contributed by atoms with E-state index in [4.69, 9.17) is 9.47 Å². The summed E-state index contributed by atoms with van der Waals surface area (Å²) in [5.41, 5.74) is 0.614. The first-order valence-electron chi connectivity index (χ1n) is 9.33. The lowest BCUT2D eigenvalue weighted by atomic mass is 10.1. The van der Waals surface area contributed by atoms with Crippen molar-refractivity contribution in [3.05, 3.63) is 18.2 Å². The lowest BCUT2D eigenvalue weighted by Crippen LogP contribution is -2.47. The summed E-state index contributed by atoms with van der Waals surface area (Å²) in [6, 6.07) is 4.31. The number of carbonyl (C=O) groups is 4. The number of rotatable bonds is 7. The third-order valence-corrected chi connectivity index (χ3v) is 4.71. The van der Waals surface area contributed by atoms with Gasteiger partial charge in [-0.15, -0.1) is 0 Å². The van der Waals surface area contributed by atoms with E-state index in [0.29, 0.717) is 30.4 Å². The third kappa shape index (κ3) is 4.95. The second-order valence-electron chi connectivity index (χ2n) is 6.88. The molecule has 10 heteroatoms. The summed E-state index contributed by atoms with van der Waals surface area (Å²) in [5.74, 6) is -1.84. The molecule has 29 heavy (non-hydrogen) atoms. The maximum atomic E-state index is 12.5. The Morgan fingerprint density at radius 2 is 1.97 bits per heavy atom. The monoisotopic (exact) mass is 404 g/mol. The van der Waals surface area contributed by atoms with Crippen molar-refractivity contribution in [1.29, 1.82) is 0 Å². The highest BCUT2D eigenvalue weighted by Gasteiger charge is 2.36. The van der Waals surface area contributed by atoms with Crippen LogP contribution in [0, 0.1) is 5.92 Å². The summed E-state index contributed by atoms with van der Waals surface area (Å²) < 4.78 is 11.0. The number of carbonyl (C=O) groups excluding carboxylic acids is 4. The third-order valence-electron chi connectivity index (χ3n) is 4.71. The normalized spacial score (nSPS) is 18.9. The molecule has 0 bridgehead atoms. The number of aliphatic carboxylic acids is 1. The van der Waals surface area contributed by atoms with E-state index < -0.39 is 29.7 Å². The average Bonchev–Trinajstić information content (AvgIpc) is 3.09. The summed E-state index contributed by atoms with van der Waals surface area (Å²) in [6.45, 7) is 2.49. The molecule has 1 aromatic carbocycles. The molecular weight excluding hydrogens is 382 g/mol. The zero-order chi connectivity index (χ0) is 21.0. The van der Waals surface area contributed by atoms with Gasteiger partial charge in [0, 0.05) is 43.7 Å². The zero-order valence-corrected chi connectivity index (χ0v) is 15.9. The first kappa shape index (κ1) is 20.4. The largest absolute Gasteiger partial charge is 0.550 e. The van der Waals surface area contributed by atoms with E-state index in [9.17, 15) is 24.3 Å². The highest BCUT2D eigenvalue weighted by Crippen LogP contribution is 2.35. The minimum Gasteiger partial charge on any atom is -0.550 e. The van der Waals surface area contributed by atoms with E-state index in [2.05, 4.69) is 10.6 Å². The standard InChI is InChI=1S/C19H23N3O7/c1-11(18(26)20-5-4-17(24)25)21-19(27)12-8-16(23)22(10-12)13-2-3-14-15(9-13)29-7-6-28-14/h2-3,9,11-12H,4-8,10H2,1H3,(H,20,26)(H,21,27)(H,24,25)/p-1/t11-,12+/m0/s1. The number of nitrogens with one attached hydrogen (secondary N) is 2. The van der Waals surface area contributed by atoms with Crippen LogP contribution in [0.25, 0.3) is 0 Å². The van der Waals surface area contributed by atoms with E-state index >= 15 is 0 Å². The predicted molar refractivity (Wildman–Crippen MR) is 98.1 cm³/mol. The summed E-state index contributed by atoms with van der Waals surface area (Å²) in [4.78, 5) is 48.7. The molecule has 0 saturated carbocycles. The Kier molecular flexibility index (Phi) is 6.20. The number of carboxylic acids is 1. The van der Waals surface area contributed by atoms with E-state index in [0.717, 1.165) is 0 Å². The fourth-order valence-corrected chi connectivity index (χ4v) is 3.17. The van der Waals surface area contributed by atoms with Crippen LogP contribution in [0.3, 0.4) is 0 Å². The fourth-order valence-electron chi connectivity index (χ4n) is 3.17. The summed E-state index contributed by atoms with van der Waals surface area (Å²) >= 11 is 0. The molecule has 1 saturated heterocycles. The Labute approximate surface area is 167 Å². The molecule has 156 valence electrons. The van der Waals surface area contributed by atoms with Crippen LogP contribution < -0.4 is 30.1 Å². The topological polar surface area (TPSA) is 137 Å². The molecule has 2 N–H and O–H groups in total. The summed E-state index contributed by atoms with van der Waals surface area (Å²) in [7, 11) is 0. The van der Waals surface area contributed by atoms with Crippen LogP contribution in [-0.2, 0) is 19.2 Å². The SMILES string of the molecule is C[C@H](NC(=O)[C@@H]1CC(=O)N(c2ccc3c(c2)OCCO3)C1)C(=O)NCCC(=O)[O-]. The minimum atomic E-state index is -1.27. The van der Waals surface area contributed by atoms with Gasteiger partial charge in [0.15, 0.2) is 11.5 Å². The predicted octanol–water partition coefficient (Wildman–Crippen LogP) is -1.43.